The molecule has 1 aliphatic heterocycles. The van der Waals surface area contributed by atoms with E-state index in [2.05, 4.69) is 17.9 Å². The fourth-order valence-electron chi connectivity index (χ4n) is 1.86. The highest BCUT2D eigenvalue weighted by Crippen LogP contribution is 2.27. The highest BCUT2D eigenvalue weighted by Gasteiger charge is 2.18. The van der Waals surface area contributed by atoms with Gasteiger partial charge in [0.15, 0.2) is 0 Å². The minimum Gasteiger partial charge on any atom is -0.363 e. The van der Waals surface area contributed by atoms with E-state index in [1.807, 2.05) is 6.07 Å². The molecule has 2 nitrogen and oxygen atoms in total. The Morgan fingerprint density at radius 3 is 2.73 bits per heavy atom. The van der Waals surface area contributed by atoms with E-state index in [1.165, 1.54) is 24.2 Å². The third kappa shape index (κ3) is 2.18. The summed E-state index contributed by atoms with van der Waals surface area (Å²) in [6, 6.07) is 4.06. The van der Waals surface area contributed by atoms with Gasteiger partial charge in [0.25, 0.3) is 0 Å². The maximum Gasteiger partial charge on any atom is 0.116 e. The topological polar surface area (TPSA) is 27.0 Å². The summed E-state index contributed by atoms with van der Waals surface area (Å²) in [7, 11) is 5.75. The normalized spacial score (nSPS) is 17.7. The molecule has 1 aliphatic rings. The summed E-state index contributed by atoms with van der Waals surface area (Å²) >= 11 is 1.51. The molecular weight excluding hydrogens is 203 g/mol. The first kappa shape index (κ1) is 10.6. The lowest BCUT2D eigenvalue weighted by Gasteiger charge is -2.30. The van der Waals surface area contributed by atoms with Gasteiger partial charge in [-0.2, -0.15) is 5.26 Å². The molecule has 0 atom stereocenters. The lowest BCUT2D eigenvalue weighted by Crippen LogP contribution is -2.32. The summed E-state index contributed by atoms with van der Waals surface area (Å²) in [5, 5.41) is 9.98. The molecule has 1 saturated heterocycles. The van der Waals surface area contributed by atoms with Gasteiger partial charge in [0.1, 0.15) is 13.9 Å². The second-order valence-corrected chi connectivity index (χ2v) is 5.18. The van der Waals surface area contributed by atoms with E-state index in [0.717, 1.165) is 24.0 Å². The molecule has 2 heterocycles. The van der Waals surface area contributed by atoms with Crippen molar-refractivity contribution in [3.8, 4) is 6.07 Å². The van der Waals surface area contributed by atoms with Gasteiger partial charge in [-0.25, -0.2) is 0 Å². The Balaban J connectivity index is 2.13. The van der Waals surface area contributed by atoms with Gasteiger partial charge in [-0.1, -0.05) is 12.4 Å². The summed E-state index contributed by atoms with van der Waals surface area (Å²) in [6.45, 7) is 4.47. The van der Waals surface area contributed by atoms with Crippen LogP contribution in [0.25, 0.3) is 0 Å². The number of hydrogen-bond acceptors (Lipinski definition) is 3. The highest BCUT2D eigenvalue weighted by atomic mass is 32.1. The first-order valence-corrected chi connectivity index (χ1v) is 6.06. The third-order valence-electron chi connectivity index (χ3n) is 2.94. The molecule has 2 rings (SSSR count). The van der Waals surface area contributed by atoms with Crippen LogP contribution in [0, 0.1) is 17.2 Å². The lowest BCUT2D eigenvalue weighted by molar-refractivity contribution is 0.440. The molecule has 0 aromatic carbocycles. The second kappa shape index (κ2) is 4.28. The first-order chi connectivity index (χ1) is 7.20. The van der Waals surface area contributed by atoms with Crippen molar-refractivity contribution in [2.45, 2.75) is 19.8 Å². The number of rotatable bonds is 1. The van der Waals surface area contributed by atoms with E-state index in [4.69, 9.17) is 13.1 Å². The Kier molecular flexibility index (Phi) is 3.02. The predicted octanol–water partition coefficient (Wildman–Crippen LogP) is 1.65. The van der Waals surface area contributed by atoms with Crippen LogP contribution in [0.5, 0.6) is 0 Å². The van der Waals surface area contributed by atoms with Crippen LogP contribution >= 0.6 is 11.3 Å². The van der Waals surface area contributed by atoms with Gasteiger partial charge in [-0.05, 0) is 24.8 Å². The van der Waals surface area contributed by atoms with Gasteiger partial charge in [0.2, 0.25) is 0 Å². The number of nitrogens with zero attached hydrogens (tertiary/aromatic N) is 2. The lowest BCUT2D eigenvalue weighted by atomic mass is 9.96. The predicted molar refractivity (Wildman–Crippen MR) is 65.0 cm³/mol. The van der Waals surface area contributed by atoms with Gasteiger partial charge in [-0.15, -0.1) is 11.3 Å². The summed E-state index contributed by atoms with van der Waals surface area (Å²) in [5.41, 5.74) is 0.621. The average Bonchev–Trinajstić information content (AvgIpc) is 2.61. The fourth-order valence-corrected chi connectivity index (χ4v) is 2.79. The van der Waals surface area contributed by atoms with Crippen LogP contribution in [0.1, 0.15) is 24.6 Å². The molecule has 15 heavy (non-hydrogen) atoms. The van der Waals surface area contributed by atoms with Gasteiger partial charge < -0.3 is 4.90 Å². The van der Waals surface area contributed by atoms with Crippen LogP contribution in [-0.4, -0.2) is 20.9 Å². The SMILES string of the molecule is [B]c1cc(N2CCC(C)CC2)sc1C#N. The van der Waals surface area contributed by atoms with Crippen molar-refractivity contribution < 1.29 is 0 Å². The third-order valence-corrected chi connectivity index (χ3v) is 4.06. The van der Waals surface area contributed by atoms with E-state index in [1.54, 1.807) is 0 Å². The van der Waals surface area contributed by atoms with Crippen molar-refractivity contribution in [2.24, 2.45) is 5.92 Å². The number of anilines is 1. The number of piperidine rings is 1. The molecule has 1 fully saturated rings. The number of thiophene rings is 1. The van der Waals surface area contributed by atoms with Crippen LogP contribution in [-0.2, 0) is 0 Å². The maximum atomic E-state index is 8.83. The summed E-state index contributed by atoms with van der Waals surface area (Å²) in [6.07, 6.45) is 2.47. The molecule has 0 saturated carbocycles. The van der Waals surface area contributed by atoms with E-state index in [9.17, 15) is 0 Å². The monoisotopic (exact) mass is 216 g/mol. The minimum atomic E-state index is 0.621. The average molecular weight is 216 g/mol. The van der Waals surface area contributed by atoms with Gasteiger partial charge in [0, 0.05) is 13.1 Å². The van der Waals surface area contributed by atoms with Crippen molar-refractivity contribution in [2.75, 3.05) is 18.0 Å². The molecular formula is C11H13BN2S. The molecule has 0 spiro atoms. The molecule has 0 bridgehead atoms. The molecule has 0 unspecified atom stereocenters. The molecule has 1 aromatic heterocycles. The molecule has 0 N–H and O–H groups in total. The Hall–Kier alpha value is -0.945. The Labute approximate surface area is 95.9 Å². The van der Waals surface area contributed by atoms with Crippen molar-refractivity contribution in [3.63, 3.8) is 0 Å². The second-order valence-electron chi connectivity index (χ2n) is 4.15. The summed E-state index contributed by atoms with van der Waals surface area (Å²) in [5.74, 6) is 0.828. The zero-order valence-corrected chi connectivity index (χ0v) is 9.68. The highest BCUT2D eigenvalue weighted by molar-refractivity contribution is 7.17. The quantitative estimate of drug-likeness (QED) is 0.667. The van der Waals surface area contributed by atoms with Crippen LogP contribution in [0.15, 0.2) is 6.07 Å². The smallest absolute Gasteiger partial charge is 0.116 e. The van der Waals surface area contributed by atoms with Crippen LogP contribution in [0.4, 0.5) is 5.00 Å². The Bertz CT molecular complexity index is 386. The van der Waals surface area contributed by atoms with Crippen molar-refractivity contribution in [1.29, 1.82) is 5.26 Å². The molecule has 1 aromatic rings. The van der Waals surface area contributed by atoms with E-state index >= 15 is 0 Å². The van der Waals surface area contributed by atoms with Crippen molar-refractivity contribution in [3.05, 3.63) is 10.9 Å². The summed E-state index contributed by atoms with van der Waals surface area (Å²) in [4.78, 5) is 2.98. The van der Waals surface area contributed by atoms with E-state index in [0.29, 0.717) is 10.3 Å². The van der Waals surface area contributed by atoms with Crippen molar-refractivity contribution in [1.82, 2.24) is 0 Å². The van der Waals surface area contributed by atoms with Gasteiger partial charge >= 0.3 is 0 Å². The standard InChI is InChI=1S/C11H13BN2S/c1-8-2-4-14(5-3-8)11-6-9(12)10(7-13)15-11/h6,8H,2-5H2,1H3. The molecule has 2 radical (unpaired) electrons. The van der Waals surface area contributed by atoms with Crippen molar-refractivity contribution >= 4 is 29.6 Å². The number of hydrogen-bond donors (Lipinski definition) is 0. The van der Waals surface area contributed by atoms with E-state index < -0.39 is 0 Å². The van der Waals surface area contributed by atoms with Gasteiger partial charge in [0.05, 0.1) is 9.88 Å². The Morgan fingerprint density at radius 1 is 1.53 bits per heavy atom. The van der Waals surface area contributed by atoms with Crippen LogP contribution in [0.3, 0.4) is 0 Å². The number of nitriles is 1. The zero-order chi connectivity index (χ0) is 10.8. The first-order valence-electron chi connectivity index (χ1n) is 5.25. The summed E-state index contributed by atoms with van der Waals surface area (Å²) < 4.78 is 0. The minimum absolute atomic E-state index is 0.621. The molecule has 0 aliphatic carbocycles. The van der Waals surface area contributed by atoms with E-state index in [-0.39, 0.29) is 0 Å². The van der Waals surface area contributed by atoms with Crippen LogP contribution < -0.4 is 10.4 Å². The molecule has 0 amide bonds. The van der Waals surface area contributed by atoms with Crippen LogP contribution in [0.2, 0.25) is 0 Å². The zero-order valence-electron chi connectivity index (χ0n) is 8.86. The Morgan fingerprint density at radius 2 is 2.20 bits per heavy atom. The molecule has 4 heteroatoms. The largest absolute Gasteiger partial charge is 0.363 e. The fraction of sp³-hybridized carbons (Fsp3) is 0.545. The maximum absolute atomic E-state index is 8.83. The molecule has 76 valence electrons. The van der Waals surface area contributed by atoms with Gasteiger partial charge in [-0.3, -0.25) is 0 Å².